The fraction of sp³-hybridized carbons (Fsp3) is 0.333. The molecule has 1 aromatic carbocycles. The number of rotatable bonds is 1. The molecule has 1 aliphatic carbocycles. The molecule has 0 saturated heterocycles. The van der Waals surface area contributed by atoms with E-state index in [0.29, 0.717) is 6.42 Å². The average molecular weight is 190 g/mol. The lowest BCUT2D eigenvalue weighted by molar-refractivity contribution is -0.0518. The zero-order valence-electron chi connectivity index (χ0n) is 7.93. The van der Waals surface area contributed by atoms with Crippen molar-refractivity contribution in [3.8, 4) is 0 Å². The molecule has 2 unspecified atom stereocenters. The third kappa shape index (κ3) is 1.47. The largest absolute Gasteiger partial charge is 0.389 e. The highest BCUT2D eigenvalue weighted by Gasteiger charge is 2.35. The predicted octanol–water partition coefficient (Wildman–Crippen LogP) is 1.59. The first-order chi connectivity index (χ1) is 6.73. The maximum absolute atomic E-state index is 10.3. The molecule has 0 aliphatic heterocycles. The molecule has 1 aliphatic rings. The van der Waals surface area contributed by atoms with Crippen molar-refractivity contribution in [3.63, 3.8) is 0 Å². The van der Waals surface area contributed by atoms with Gasteiger partial charge in [-0.1, -0.05) is 42.5 Å². The van der Waals surface area contributed by atoms with Crippen LogP contribution in [0.5, 0.6) is 0 Å². The second-order valence-electron chi connectivity index (χ2n) is 3.69. The Labute approximate surface area is 83.5 Å². The molecule has 74 valence electrons. The van der Waals surface area contributed by atoms with E-state index in [1.807, 2.05) is 36.4 Å². The van der Waals surface area contributed by atoms with E-state index in [2.05, 4.69) is 0 Å². The van der Waals surface area contributed by atoms with Crippen LogP contribution in [0.2, 0.25) is 0 Å². The number of benzene rings is 1. The lowest BCUT2D eigenvalue weighted by Crippen LogP contribution is -2.39. The molecule has 0 bridgehead atoms. The molecule has 0 spiro atoms. The maximum atomic E-state index is 10.3. The quantitative estimate of drug-likeness (QED) is 0.660. The molecule has 0 radical (unpaired) electrons. The van der Waals surface area contributed by atoms with Gasteiger partial charge in [0.15, 0.2) is 0 Å². The highest BCUT2D eigenvalue weighted by molar-refractivity contribution is 5.30. The van der Waals surface area contributed by atoms with Crippen LogP contribution in [-0.4, -0.2) is 16.3 Å². The summed E-state index contributed by atoms with van der Waals surface area (Å²) in [6, 6.07) is 9.29. The average Bonchev–Trinajstić information content (AvgIpc) is 2.24. The molecule has 2 N–H and O–H groups in total. The number of aliphatic hydroxyl groups excluding tert-OH is 1. The van der Waals surface area contributed by atoms with E-state index in [4.69, 9.17) is 0 Å². The number of allylic oxidation sites excluding steroid dienone is 1. The number of hydrogen-bond acceptors (Lipinski definition) is 2. The van der Waals surface area contributed by atoms with Crippen molar-refractivity contribution < 1.29 is 10.2 Å². The summed E-state index contributed by atoms with van der Waals surface area (Å²) < 4.78 is 0. The zero-order chi connectivity index (χ0) is 10.0. The fourth-order valence-electron chi connectivity index (χ4n) is 1.84. The van der Waals surface area contributed by atoms with Crippen molar-refractivity contribution >= 4 is 0 Å². The molecule has 0 aromatic heterocycles. The van der Waals surface area contributed by atoms with Crippen LogP contribution < -0.4 is 0 Å². The number of aliphatic hydroxyl groups is 2. The van der Waals surface area contributed by atoms with Crippen molar-refractivity contribution in [2.24, 2.45) is 0 Å². The van der Waals surface area contributed by atoms with Crippen LogP contribution in [0, 0.1) is 0 Å². The second kappa shape index (κ2) is 3.56. The SMILES string of the molecule is OC1CCC=CC1(O)c1ccccc1. The zero-order valence-corrected chi connectivity index (χ0v) is 7.93. The summed E-state index contributed by atoms with van der Waals surface area (Å²) in [5.41, 5.74) is -0.442. The Bertz CT molecular complexity index is 331. The van der Waals surface area contributed by atoms with Gasteiger partial charge < -0.3 is 10.2 Å². The van der Waals surface area contributed by atoms with Crippen molar-refractivity contribution in [1.29, 1.82) is 0 Å². The third-order valence-corrected chi connectivity index (χ3v) is 2.72. The van der Waals surface area contributed by atoms with Gasteiger partial charge in [-0.05, 0) is 18.4 Å². The molecule has 2 atom stereocenters. The summed E-state index contributed by atoms with van der Waals surface area (Å²) in [4.78, 5) is 0. The van der Waals surface area contributed by atoms with E-state index in [0.717, 1.165) is 12.0 Å². The van der Waals surface area contributed by atoms with E-state index in [1.165, 1.54) is 0 Å². The summed E-state index contributed by atoms with van der Waals surface area (Å²) in [6.07, 6.45) is 4.35. The van der Waals surface area contributed by atoms with Crippen LogP contribution in [0.1, 0.15) is 18.4 Å². The Morgan fingerprint density at radius 3 is 2.57 bits per heavy atom. The molecule has 0 amide bonds. The molecule has 14 heavy (non-hydrogen) atoms. The van der Waals surface area contributed by atoms with Gasteiger partial charge >= 0.3 is 0 Å². The lowest BCUT2D eigenvalue weighted by atomic mass is 9.82. The van der Waals surface area contributed by atoms with Crippen LogP contribution in [0.15, 0.2) is 42.5 Å². The first-order valence-corrected chi connectivity index (χ1v) is 4.87. The predicted molar refractivity (Wildman–Crippen MR) is 54.7 cm³/mol. The maximum Gasteiger partial charge on any atom is 0.133 e. The topological polar surface area (TPSA) is 40.5 Å². The highest BCUT2D eigenvalue weighted by atomic mass is 16.3. The van der Waals surface area contributed by atoms with E-state index in [-0.39, 0.29) is 0 Å². The van der Waals surface area contributed by atoms with Gasteiger partial charge in [-0.25, -0.2) is 0 Å². The second-order valence-corrected chi connectivity index (χ2v) is 3.69. The van der Waals surface area contributed by atoms with Gasteiger partial charge in [-0.2, -0.15) is 0 Å². The molecular formula is C12H14O2. The Hall–Kier alpha value is -1.12. The minimum atomic E-state index is -1.19. The summed E-state index contributed by atoms with van der Waals surface area (Å²) in [5.74, 6) is 0. The smallest absolute Gasteiger partial charge is 0.133 e. The van der Waals surface area contributed by atoms with Gasteiger partial charge in [-0.3, -0.25) is 0 Å². The van der Waals surface area contributed by atoms with Crippen LogP contribution >= 0.6 is 0 Å². The first kappa shape index (κ1) is 9.44. The molecule has 1 aromatic rings. The Kier molecular flexibility index (Phi) is 2.40. The Balaban J connectivity index is 2.40. The van der Waals surface area contributed by atoms with Gasteiger partial charge in [0.25, 0.3) is 0 Å². The van der Waals surface area contributed by atoms with E-state index < -0.39 is 11.7 Å². The highest BCUT2D eigenvalue weighted by Crippen LogP contribution is 2.32. The molecule has 0 heterocycles. The van der Waals surface area contributed by atoms with Crippen LogP contribution in [0.3, 0.4) is 0 Å². The van der Waals surface area contributed by atoms with E-state index >= 15 is 0 Å². The summed E-state index contributed by atoms with van der Waals surface area (Å²) in [6.45, 7) is 0. The van der Waals surface area contributed by atoms with Crippen molar-refractivity contribution in [2.45, 2.75) is 24.5 Å². The van der Waals surface area contributed by atoms with Gasteiger partial charge in [0.1, 0.15) is 5.60 Å². The third-order valence-electron chi connectivity index (χ3n) is 2.72. The van der Waals surface area contributed by atoms with Crippen molar-refractivity contribution in [3.05, 3.63) is 48.0 Å². The molecule has 2 rings (SSSR count). The van der Waals surface area contributed by atoms with Crippen LogP contribution in [0.25, 0.3) is 0 Å². The van der Waals surface area contributed by atoms with Gasteiger partial charge in [0, 0.05) is 0 Å². The van der Waals surface area contributed by atoms with Gasteiger partial charge in [-0.15, -0.1) is 0 Å². The van der Waals surface area contributed by atoms with Crippen molar-refractivity contribution in [1.82, 2.24) is 0 Å². The summed E-state index contributed by atoms with van der Waals surface area (Å²) in [5, 5.41) is 20.1. The Morgan fingerprint density at radius 2 is 1.93 bits per heavy atom. The first-order valence-electron chi connectivity index (χ1n) is 4.87. The van der Waals surface area contributed by atoms with Crippen LogP contribution in [-0.2, 0) is 5.60 Å². The molecular weight excluding hydrogens is 176 g/mol. The molecule has 2 nitrogen and oxygen atoms in total. The molecule has 0 fully saturated rings. The van der Waals surface area contributed by atoms with E-state index in [9.17, 15) is 10.2 Å². The van der Waals surface area contributed by atoms with Crippen LogP contribution in [0.4, 0.5) is 0 Å². The number of hydrogen-bond donors (Lipinski definition) is 2. The minimum Gasteiger partial charge on any atom is -0.389 e. The molecule has 2 heteroatoms. The summed E-state index contributed by atoms with van der Waals surface area (Å²) >= 11 is 0. The monoisotopic (exact) mass is 190 g/mol. The standard InChI is InChI=1S/C12H14O2/c13-11-8-4-5-9-12(11,14)10-6-2-1-3-7-10/h1-3,5-7,9,11,13-14H,4,8H2. The van der Waals surface area contributed by atoms with Gasteiger partial charge in [0.05, 0.1) is 6.10 Å². The van der Waals surface area contributed by atoms with Crippen molar-refractivity contribution in [2.75, 3.05) is 0 Å². The normalized spacial score (nSPS) is 31.7. The van der Waals surface area contributed by atoms with E-state index in [1.54, 1.807) is 6.08 Å². The lowest BCUT2D eigenvalue weighted by Gasteiger charge is -2.33. The molecule has 0 saturated carbocycles. The Morgan fingerprint density at radius 1 is 1.21 bits per heavy atom. The summed E-state index contributed by atoms with van der Waals surface area (Å²) in [7, 11) is 0. The fourth-order valence-corrected chi connectivity index (χ4v) is 1.84. The van der Waals surface area contributed by atoms with Gasteiger partial charge in [0.2, 0.25) is 0 Å². The minimum absolute atomic E-state index is 0.613.